The van der Waals surface area contributed by atoms with Gasteiger partial charge in [0, 0.05) is 6.54 Å². The molecular weight excluding hydrogens is 256 g/mol. The summed E-state index contributed by atoms with van der Waals surface area (Å²) in [5.41, 5.74) is -0.382. The third kappa shape index (κ3) is 2.33. The summed E-state index contributed by atoms with van der Waals surface area (Å²) in [5.74, 6) is 0.331. The fourth-order valence-electron chi connectivity index (χ4n) is 2.08. The number of fused-ring (bicyclic) bond motifs is 1. The lowest BCUT2D eigenvalue weighted by Crippen LogP contribution is -2.32. The standard InChI is InChI=1S/C11H15ClN4O2/c1-3-4-6(2)5-16-8-7(13-10(12)14-8)9(17)15-11(16)18/h6H,3-5H2,1-2H3,(H,13,14)(H,15,17,18). The molecule has 0 saturated heterocycles. The van der Waals surface area contributed by atoms with E-state index in [1.54, 1.807) is 0 Å². The maximum Gasteiger partial charge on any atom is 0.330 e. The number of H-pyrrole nitrogens is 2. The van der Waals surface area contributed by atoms with Crippen LogP contribution < -0.4 is 11.2 Å². The maximum atomic E-state index is 11.8. The van der Waals surface area contributed by atoms with E-state index in [2.05, 4.69) is 28.8 Å². The molecule has 0 fully saturated rings. The third-order valence-corrected chi connectivity index (χ3v) is 3.06. The molecule has 2 heterocycles. The highest BCUT2D eigenvalue weighted by atomic mass is 35.5. The number of imidazole rings is 1. The van der Waals surface area contributed by atoms with E-state index in [4.69, 9.17) is 11.6 Å². The molecule has 0 aromatic carbocycles. The molecule has 0 bridgehead atoms. The van der Waals surface area contributed by atoms with E-state index >= 15 is 0 Å². The molecule has 6 nitrogen and oxygen atoms in total. The molecule has 0 saturated carbocycles. The second-order valence-corrected chi connectivity index (χ2v) is 4.85. The third-order valence-electron chi connectivity index (χ3n) is 2.88. The van der Waals surface area contributed by atoms with Gasteiger partial charge in [-0.2, -0.15) is 4.98 Å². The van der Waals surface area contributed by atoms with Gasteiger partial charge in [-0.1, -0.05) is 20.3 Å². The average Bonchev–Trinajstić information content (AvgIpc) is 2.67. The van der Waals surface area contributed by atoms with Gasteiger partial charge in [-0.25, -0.2) is 4.79 Å². The minimum Gasteiger partial charge on any atom is -0.323 e. The van der Waals surface area contributed by atoms with Crippen LogP contribution in [0.2, 0.25) is 5.28 Å². The molecule has 1 unspecified atom stereocenters. The summed E-state index contributed by atoms with van der Waals surface area (Å²) < 4.78 is 1.46. The van der Waals surface area contributed by atoms with Crippen molar-refractivity contribution < 1.29 is 0 Å². The number of nitrogens with zero attached hydrogens (tertiary/aromatic N) is 2. The monoisotopic (exact) mass is 270 g/mol. The average molecular weight is 271 g/mol. The summed E-state index contributed by atoms with van der Waals surface area (Å²) in [6.07, 6.45) is 2.05. The quantitative estimate of drug-likeness (QED) is 0.826. The molecule has 0 radical (unpaired) electrons. The van der Waals surface area contributed by atoms with Crippen LogP contribution in [0.25, 0.3) is 11.2 Å². The Bertz CT molecular complexity index is 670. The molecule has 0 amide bonds. The number of aromatic amines is 2. The Balaban J connectivity index is 2.55. The zero-order chi connectivity index (χ0) is 13.3. The lowest BCUT2D eigenvalue weighted by atomic mass is 10.1. The first-order valence-electron chi connectivity index (χ1n) is 5.91. The second kappa shape index (κ2) is 4.97. The van der Waals surface area contributed by atoms with Crippen molar-refractivity contribution in [1.29, 1.82) is 0 Å². The molecule has 0 spiro atoms. The van der Waals surface area contributed by atoms with Crippen molar-refractivity contribution in [3.8, 4) is 0 Å². The molecule has 7 heteroatoms. The number of aromatic nitrogens is 4. The van der Waals surface area contributed by atoms with Crippen LogP contribution >= 0.6 is 11.6 Å². The van der Waals surface area contributed by atoms with Gasteiger partial charge in [0.1, 0.15) is 0 Å². The predicted octanol–water partition coefficient (Wildman–Crippen LogP) is 1.50. The molecule has 0 aliphatic heterocycles. The Labute approximate surface area is 108 Å². The van der Waals surface area contributed by atoms with Gasteiger partial charge >= 0.3 is 5.69 Å². The van der Waals surface area contributed by atoms with Crippen LogP contribution in [0.5, 0.6) is 0 Å². The van der Waals surface area contributed by atoms with E-state index in [-0.39, 0.29) is 10.8 Å². The topological polar surface area (TPSA) is 83.5 Å². The lowest BCUT2D eigenvalue weighted by Gasteiger charge is -2.12. The zero-order valence-corrected chi connectivity index (χ0v) is 11.0. The van der Waals surface area contributed by atoms with Crippen LogP contribution in [0.1, 0.15) is 26.7 Å². The van der Waals surface area contributed by atoms with Crippen molar-refractivity contribution in [1.82, 2.24) is 19.5 Å². The molecule has 2 aromatic rings. The molecular formula is C11H15ClN4O2. The molecule has 98 valence electrons. The van der Waals surface area contributed by atoms with Gasteiger partial charge in [0.2, 0.25) is 5.28 Å². The first-order chi connectivity index (χ1) is 8.52. The molecule has 0 aliphatic carbocycles. The van der Waals surface area contributed by atoms with Crippen LogP contribution in [0.4, 0.5) is 0 Å². The molecule has 2 aromatic heterocycles. The molecule has 0 aliphatic rings. The minimum atomic E-state index is -0.492. The van der Waals surface area contributed by atoms with Crippen molar-refractivity contribution in [2.75, 3.05) is 0 Å². The van der Waals surface area contributed by atoms with Gasteiger partial charge < -0.3 is 4.98 Å². The number of rotatable bonds is 4. The van der Waals surface area contributed by atoms with E-state index < -0.39 is 11.2 Å². The summed E-state index contributed by atoms with van der Waals surface area (Å²) in [6.45, 7) is 4.66. The lowest BCUT2D eigenvalue weighted by molar-refractivity contribution is 0.440. The van der Waals surface area contributed by atoms with Gasteiger partial charge in [0.25, 0.3) is 5.56 Å². The largest absolute Gasteiger partial charge is 0.330 e. The Morgan fingerprint density at radius 2 is 2.11 bits per heavy atom. The van der Waals surface area contributed by atoms with Gasteiger partial charge in [0.15, 0.2) is 11.2 Å². The fourth-order valence-corrected chi connectivity index (χ4v) is 2.25. The van der Waals surface area contributed by atoms with Crippen LogP contribution in [0.15, 0.2) is 9.59 Å². The smallest absolute Gasteiger partial charge is 0.323 e. The van der Waals surface area contributed by atoms with Crippen molar-refractivity contribution in [2.45, 2.75) is 33.2 Å². The van der Waals surface area contributed by atoms with Gasteiger partial charge in [0.05, 0.1) is 0 Å². The maximum absolute atomic E-state index is 11.8. The first kappa shape index (κ1) is 12.9. The van der Waals surface area contributed by atoms with Crippen LogP contribution in [-0.2, 0) is 6.54 Å². The summed E-state index contributed by atoms with van der Waals surface area (Å²) in [6, 6.07) is 0. The number of halogens is 1. The van der Waals surface area contributed by atoms with E-state index in [9.17, 15) is 9.59 Å². The fraction of sp³-hybridized carbons (Fsp3) is 0.545. The van der Waals surface area contributed by atoms with Crippen LogP contribution in [0, 0.1) is 5.92 Å². The number of nitrogens with one attached hydrogen (secondary N) is 2. The Kier molecular flexibility index (Phi) is 3.56. The summed E-state index contributed by atoms with van der Waals surface area (Å²) >= 11 is 5.74. The van der Waals surface area contributed by atoms with Gasteiger partial charge in [-0.05, 0) is 23.9 Å². The highest BCUT2D eigenvalue weighted by molar-refractivity contribution is 6.28. The Morgan fingerprint density at radius 3 is 2.78 bits per heavy atom. The van der Waals surface area contributed by atoms with Crippen molar-refractivity contribution in [3.05, 3.63) is 26.1 Å². The summed E-state index contributed by atoms with van der Waals surface area (Å²) in [7, 11) is 0. The van der Waals surface area contributed by atoms with Crippen molar-refractivity contribution in [3.63, 3.8) is 0 Å². The van der Waals surface area contributed by atoms with E-state index in [1.165, 1.54) is 4.57 Å². The van der Waals surface area contributed by atoms with Crippen LogP contribution in [-0.4, -0.2) is 19.5 Å². The molecule has 18 heavy (non-hydrogen) atoms. The van der Waals surface area contributed by atoms with E-state index in [1.807, 2.05) is 0 Å². The Hall–Kier alpha value is -1.56. The molecule has 2 N–H and O–H groups in total. The van der Waals surface area contributed by atoms with Gasteiger partial charge in [-0.3, -0.25) is 14.3 Å². The van der Waals surface area contributed by atoms with Crippen molar-refractivity contribution in [2.24, 2.45) is 5.92 Å². The normalized spacial score (nSPS) is 13.1. The first-order valence-corrected chi connectivity index (χ1v) is 6.29. The van der Waals surface area contributed by atoms with Crippen molar-refractivity contribution >= 4 is 22.8 Å². The number of hydrogen-bond acceptors (Lipinski definition) is 3. The highest BCUT2D eigenvalue weighted by Crippen LogP contribution is 2.12. The summed E-state index contributed by atoms with van der Waals surface area (Å²) in [5, 5.41) is 0.109. The second-order valence-electron chi connectivity index (χ2n) is 4.49. The molecule has 1 atom stereocenters. The Morgan fingerprint density at radius 1 is 1.39 bits per heavy atom. The van der Waals surface area contributed by atoms with Crippen LogP contribution in [0.3, 0.4) is 0 Å². The van der Waals surface area contributed by atoms with E-state index in [0.717, 1.165) is 12.8 Å². The molecule has 2 rings (SSSR count). The van der Waals surface area contributed by atoms with E-state index in [0.29, 0.717) is 18.1 Å². The zero-order valence-electron chi connectivity index (χ0n) is 10.3. The number of hydrogen-bond donors (Lipinski definition) is 2. The SMILES string of the molecule is CCCC(C)Cn1c(=O)[nH]c(=O)c2[nH]c(Cl)nc21. The van der Waals surface area contributed by atoms with Gasteiger partial charge in [-0.15, -0.1) is 0 Å². The minimum absolute atomic E-state index is 0.109. The predicted molar refractivity (Wildman–Crippen MR) is 70.1 cm³/mol. The highest BCUT2D eigenvalue weighted by Gasteiger charge is 2.13. The summed E-state index contributed by atoms with van der Waals surface area (Å²) in [4.78, 5) is 32.3.